The van der Waals surface area contributed by atoms with E-state index in [0.29, 0.717) is 0 Å². The second-order valence-corrected chi connectivity index (χ2v) is 7.99. The van der Waals surface area contributed by atoms with Crippen molar-refractivity contribution >= 4 is 23.9 Å². The Morgan fingerprint density at radius 3 is 1.24 bits per heavy atom. The molecule has 8 nitrogen and oxygen atoms in total. The van der Waals surface area contributed by atoms with Gasteiger partial charge in [0.25, 0.3) is 6.43 Å². The van der Waals surface area contributed by atoms with Gasteiger partial charge in [-0.3, -0.25) is 0 Å². The SMILES string of the molecule is C=CC(=O)Oc1cc(OC(=O)C=C)cc(-c2ccc(-c3cc(OC(=O)C=C)cc(OC(=O)C=C)c3)c(C(F)F)c2)c1. The zero-order valence-electron chi connectivity index (χ0n) is 21.4. The van der Waals surface area contributed by atoms with Crippen molar-refractivity contribution in [3.63, 3.8) is 0 Å². The van der Waals surface area contributed by atoms with E-state index in [4.69, 9.17) is 18.9 Å². The van der Waals surface area contributed by atoms with Crippen LogP contribution in [0.15, 0.2) is 105 Å². The van der Waals surface area contributed by atoms with Crippen LogP contribution >= 0.6 is 0 Å². The Kier molecular flexibility index (Phi) is 9.80. The molecule has 3 aromatic rings. The summed E-state index contributed by atoms with van der Waals surface area (Å²) < 4.78 is 49.3. The van der Waals surface area contributed by atoms with Gasteiger partial charge in [-0.25, -0.2) is 28.0 Å². The van der Waals surface area contributed by atoms with E-state index in [1.165, 1.54) is 54.6 Å². The number of carbonyl (C=O) groups is 4. The van der Waals surface area contributed by atoms with Crippen molar-refractivity contribution in [1.29, 1.82) is 0 Å². The van der Waals surface area contributed by atoms with Crippen LogP contribution in [-0.4, -0.2) is 23.9 Å². The number of benzene rings is 3. The summed E-state index contributed by atoms with van der Waals surface area (Å²) in [5.41, 5.74) is 0.262. The Morgan fingerprint density at radius 1 is 0.537 bits per heavy atom. The van der Waals surface area contributed by atoms with Gasteiger partial charge in [-0.15, -0.1) is 0 Å². The molecular weight excluding hydrogens is 538 g/mol. The second kappa shape index (κ2) is 13.4. The molecule has 0 heterocycles. The van der Waals surface area contributed by atoms with Crippen LogP contribution in [0.4, 0.5) is 8.78 Å². The molecule has 10 heteroatoms. The molecule has 0 spiro atoms. The number of alkyl halides is 2. The molecule has 3 rings (SSSR count). The van der Waals surface area contributed by atoms with Gasteiger partial charge in [0.2, 0.25) is 0 Å². The van der Waals surface area contributed by atoms with Crippen molar-refractivity contribution in [3.8, 4) is 45.3 Å². The molecule has 41 heavy (non-hydrogen) atoms. The summed E-state index contributed by atoms with van der Waals surface area (Å²) in [6.45, 7) is 13.3. The summed E-state index contributed by atoms with van der Waals surface area (Å²) in [5.74, 6) is -3.48. The lowest BCUT2D eigenvalue weighted by atomic mass is 9.94. The molecule has 0 aliphatic rings. The maximum atomic E-state index is 14.4. The van der Waals surface area contributed by atoms with Crippen LogP contribution in [0, 0.1) is 0 Å². The van der Waals surface area contributed by atoms with Gasteiger partial charge in [-0.2, -0.15) is 0 Å². The fourth-order valence-electron chi connectivity index (χ4n) is 3.52. The Bertz CT molecular complexity index is 1490. The number of ether oxygens (including phenoxy) is 4. The van der Waals surface area contributed by atoms with E-state index in [9.17, 15) is 28.0 Å². The first kappa shape index (κ1) is 29.9. The molecule has 0 fully saturated rings. The molecule has 3 aromatic carbocycles. The maximum absolute atomic E-state index is 14.4. The molecule has 0 aliphatic heterocycles. The van der Waals surface area contributed by atoms with Gasteiger partial charge in [-0.05, 0) is 52.6 Å². The van der Waals surface area contributed by atoms with E-state index in [0.717, 1.165) is 24.3 Å². The third kappa shape index (κ3) is 7.93. The fourth-order valence-corrected chi connectivity index (χ4v) is 3.52. The summed E-state index contributed by atoms with van der Waals surface area (Å²) in [6.07, 6.45) is 0.674. The van der Waals surface area contributed by atoms with Crippen LogP contribution < -0.4 is 18.9 Å². The largest absolute Gasteiger partial charge is 0.423 e. The highest BCUT2D eigenvalue weighted by molar-refractivity contribution is 5.87. The van der Waals surface area contributed by atoms with E-state index < -0.39 is 35.9 Å². The average Bonchev–Trinajstić information content (AvgIpc) is 2.96. The fraction of sp³-hybridized carbons (Fsp3) is 0.0323. The molecular formula is C31H22F2O8. The Morgan fingerprint density at radius 2 is 0.902 bits per heavy atom. The summed E-state index contributed by atoms with van der Waals surface area (Å²) in [5, 5.41) is 0. The third-order valence-corrected chi connectivity index (χ3v) is 5.23. The first-order valence-corrected chi connectivity index (χ1v) is 11.7. The van der Waals surface area contributed by atoms with Gasteiger partial charge >= 0.3 is 23.9 Å². The zero-order valence-corrected chi connectivity index (χ0v) is 21.4. The molecule has 0 N–H and O–H groups in total. The highest BCUT2D eigenvalue weighted by Gasteiger charge is 2.19. The number of hydrogen-bond acceptors (Lipinski definition) is 8. The van der Waals surface area contributed by atoms with Crippen LogP contribution in [0.3, 0.4) is 0 Å². The lowest BCUT2D eigenvalue weighted by molar-refractivity contribution is -0.130. The summed E-state index contributed by atoms with van der Waals surface area (Å²) in [7, 11) is 0. The highest BCUT2D eigenvalue weighted by Crippen LogP contribution is 2.39. The van der Waals surface area contributed by atoms with E-state index in [1.54, 1.807) is 0 Å². The van der Waals surface area contributed by atoms with Crippen LogP contribution in [0.2, 0.25) is 0 Å². The smallest absolute Gasteiger partial charge is 0.335 e. The van der Waals surface area contributed by atoms with Crippen molar-refractivity contribution < 1.29 is 46.9 Å². The van der Waals surface area contributed by atoms with Gasteiger partial charge in [0, 0.05) is 42.0 Å². The van der Waals surface area contributed by atoms with Gasteiger partial charge < -0.3 is 18.9 Å². The Hall–Kier alpha value is -5.64. The number of rotatable bonds is 11. The summed E-state index contributed by atoms with van der Waals surface area (Å²) in [6, 6.07) is 11.9. The minimum atomic E-state index is -2.98. The monoisotopic (exact) mass is 560 g/mol. The molecule has 0 amide bonds. The second-order valence-electron chi connectivity index (χ2n) is 7.99. The average molecular weight is 561 g/mol. The number of hydrogen-bond donors (Lipinski definition) is 0. The van der Waals surface area contributed by atoms with Crippen molar-refractivity contribution in [2.45, 2.75) is 6.43 Å². The number of esters is 4. The Balaban J connectivity index is 2.16. The van der Waals surface area contributed by atoms with Crippen LogP contribution in [0.1, 0.15) is 12.0 Å². The molecule has 0 bridgehead atoms. The van der Waals surface area contributed by atoms with Gasteiger partial charge in [0.1, 0.15) is 23.0 Å². The van der Waals surface area contributed by atoms with Gasteiger partial charge in [0.15, 0.2) is 0 Å². The summed E-state index contributed by atoms with van der Waals surface area (Å²) in [4.78, 5) is 47.0. The van der Waals surface area contributed by atoms with Crippen molar-refractivity contribution in [2.75, 3.05) is 0 Å². The van der Waals surface area contributed by atoms with Crippen molar-refractivity contribution in [2.24, 2.45) is 0 Å². The maximum Gasteiger partial charge on any atom is 0.335 e. The standard InChI is InChI=1S/C31H22F2O8/c1-5-27(34)38-21-11-19(12-22(16-21)39-28(35)6-2)18-9-10-25(26(15-18)31(32)33)20-13-23(40-29(36)7-3)17-24(14-20)41-30(37)8-4/h5-17,31H,1-4H2. The molecule has 208 valence electrons. The molecule has 0 saturated heterocycles. The highest BCUT2D eigenvalue weighted by atomic mass is 19.3. The molecule has 0 saturated carbocycles. The van der Waals surface area contributed by atoms with Crippen molar-refractivity contribution in [3.05, 3.63) is 111 Å². The molecule has 0 unspecified atom stereocenters. The van der Waals surface area contributed by atoms with Gasteiger partial charge in [-0.1, -0.05) is 38.4 Å². The number of halogens is 2. The lowest BCUT2D eigenvalue weighted by Gasteiger charge is -2.15. The lowest BCUT2D eigenvalue weighted by Crippen LogP contribution is -2.06. The first-order chi connectivity index (χ1) is 19.6. The summed E-state index contributed by atoms with van der Waals surface area (Å²) >= 11 is 0. The Labute approximate surface area is 233 Å². The zero-order chi connectivity index (χ0) is 30.1. The molecule has 0 radical (unpaired) electrons. The topological polar surface area (TPSA) is 105 Å². The minimum Gasteiger partial charge on any atom is -0.423 e. The molecule has 0 aromatic heterocycles. The molecule has 0 atom stereocenters. The number of carbonyl (C=O) groups excluding carboxylic acids is 4. The first-order valence-electron chi connectivity index (χ1n) is 11.7. The normalized spacial score (nSPS) is 10.2. The van der Waals surface area contributed by atoms with Crippen molar-refractivity contribution in [1.82, 2.24) is 0 Å². The van der Waals surface area contributed by atoms with Crippen LogP contribution in [0.25, 0.3) is 22.3 Å². The van der Waals surface area contributed by atoms with E-state index in [1.807, 2.05) is 0 Å². The van der Waals surface area contributed by atoms with E-state index >= 15 is 0 Å². The predicted molar refractivity (Wildman–Crippen MR) is 146 cm³/mol. The van der Waals surface area contributed by atoms with Gasteiger partial charge in [0.05, 0.1) is 0 Å². The molecule has 0 aliphatic carbocycles. The van der Waals surface area contributed by atoms with Crippen LogP contribution in [0.5, 0.6) is 23.0 Å². The predicted octanol–water partition coefficient (Wildman–Crippen LogP) is 6.32. The quantitative estimate of drug-likeness (QED) is 0.152. The van der Waals surface area contributed by atoms with E-state index in [2.05, 4.69) is 26.3 Å². The van der Waals surface area contributed by atoms with Crippen LogP contribution in [-0.2, 0) is 19.2 Å². The van der Waals surface area contributed by atoms with E-state index in [-0.39, 0.29) is 45.3 Å². The third-order valence-electron chi connectivity index (χ3n) is 5.23. The minimum absolute atomic E-state index is 0.0312.